The van der Waals surface area contributed by atoms with Gasteiger partial charge < -0.3 is 4.74 Å². The van der Waals surface area contributed by atoms with Crippen molar-refractivity contribution in [1.82, 2.24) is 0 Å². The van der Waals surface area contributed by atoms with Crippen LogP contribution in [0.25, 0.3) is 0 Å². The predicted octanol–water partition coefficient (Wildman–Crippen LogP) is 6.50. The average molecular weight is 391 g/mol. The first-order valence-electron chi connectivity index (χ1n) is 7.01. The molecule has 0 aromatic heterocycles. The Morgan fingerprint density at radius 1 is 1.21 bits per heavy atom. The summed E-state index contributed by atoms with van der Waals surface area (Å²) in [5.74, 6) is 1.51. The first-order chi connectivity index (χ1) is 9.10. The molecular weight excluding hydrogens is 368 g/mol. The standard InChI is InChI=1S/C16H23Br2O/c1-4-6-7-8-9-19-16-14(12(3)5-2)10-13(17)11-15(16)18/h10-12H,1,4-9H2,2-3H3. The summed E-state index contributed by atoms with van der Waals surface area (Å²) in [4.78, 5) is 0. The monoisotopic (exact) mass is 389 g/mol. The Bertz CT molecular complexity index is 391. The van der Waals surface area contributed by atoms with Crippen molar-refractivity contribution in [2.75, 3.05) is 6.61 Å². The molecule has 3 heteroatoms. The van der Waals surface area contributed by atoms with Crippen molar-refractivity contribution >= 4 is 31.9 Å². The van der Waals surface area contributed by atoms with Crippen molar-refractivity contribution in [1.29, 1.82) is 0 Å². The Kier molecular flexibility index (Phi) is 8.08. The molecule has 19 heavy (non-hydrogen) atoms. The molecule has 0 amide bonds. The van der Waals surface area contributed by atoms with E-state index in [0.29, 0.717) is 5.92 Å². The van der Waals surface area contributed by atoms with Crippen molar-refractivity contribution in [3.05, 3.63) is 33.6 Å². The third-order valence-corrected chi connectivity index (χ3v) is 4.37. The highest BCUT2D eigenvalue weighted by atomic mass is 79.9. The van der Waals surface area contributed by atoms with E-state index in [9.17, 15) is 0 Å². The molecule has 0 saturated heterocycles. The minimum Gasteiger partial charge on any atom is -0.492 e. The van der Waals surface area contributed by atoms with Crippen LogP contribution in [0.15, 0.2) is 21.1 Å². The molecule has 1 nitrogen and oxygen atoms in total. The molecule has 0 fully saturated rings. The summed E-state index contributed by atoms with van der Waals surface area (Å²) in [6, 6.07) is 4.22. The third kappa shape index (κ3) is 5.47. The molecule has 107 valence electrons. The van der Waals surface area contributed by atoms with Crippen molar-refractivity contribution < 1.29 is 4.74 Å². The Hall–Kier alpha value is -0.0200. The number of rotatable bonds is 8. The molecule has 1 aromatic rings. The molecule has 0 heterocycles. The van der Waals surface area contributed by atoms with Gasteiger partial charge in [-0.3, -0.25) is 0 Å². The van der Waals surface area contributed by atoms with E-state index in [-0.39, 0.29) is 0 Å². The SMILES string of the molecule is [CH2]CCCCCOc1c(Br)cc(Br)cc1C(C)CC. The van der Waals surface area contributed by atoms with Gasteiger partial charge in [-0.05, 0) is 52.4 Å². The lowest BCUT2D eigenvalue weighted by atomic mass is 9.98. The molecule has 1 radical (unpaired) electrons. The molecule has 0 aliphatic heterocycles. The zero-order chi connectivity index (χ0) is 14.3. The maximum absolute atomic E-state index is 6.00. The first-order valence-corrected chi connectivity index (χ1v) is 8.59. The van der Waals surface area contributed by atoms with Gasteiger partial charge >= 0.3 is 0 Å². The third-order valence-electron chi connectivity index (χ3n) is 3.32. The van der Waals surface area contributed by atoms with Crippen LogP contribution in [-0.4, -0.2) is 6.61 Å². The summed E-state index contributed by atoms with van der Waals surface area (Å²) >= 11 is 7.17. The summed E-state index contributed by atoms with van der Waals surface area (Å²) in [6.07, 6.45) is 5.60. The van der Waals surface area contributed by atoms with E-state index in [0.717, 1.165) is 40.6 Å². The fraction of sp³-hybridized carbons (Fsp3) is 0.562. The normalized spacial score (nSPS) is 12.5. The highest BCUT2D eigenvalue weighted by Crippen LogP contribution is 2.38. The van der Waals surface area contributed by atoms with E-state index in [1.54, 1.807) is 0 Å². The van der Waals surface area contributed by atoms with Gasteiger partial charge in [0.25, 0.3) is 0 Å². The number of ether oxygens (including phenoxy) is 1. The summed E-state index contributed by atoms with van der Waals surface area (Å²) in [5.41, 5.74) is 1.28. The van der Waals surface area contributed by atoms with Crippen LogP contribution in [-0.2, 0) is 0 Å². The number of benzene rings is 1. The average Bonchev–Trinajstić information content (AvgIpc) is 2.39. The predicted molar refractivity (Wildman–Crippen MR) is 89.9 cm³/mol. The van der Waals surface area contributed by atoms with Gasteiger partial charge in [-0.1, -0.05) is 56.0 Å². The van der Waals surface area contributed by atoms with E-state index in [1.807, 2.05) is 0 Å². The van der Waals surface area contributed by atoms with Crippen molar-refractivity contribution in [3.8, 4) is 5.75 Å². The Morgan fingerprint density at radius 2 is 1.95 bits per heavy atom. The van der Waals surface area contributed by atoms with E-state index < -0.39 is 0 Å². The van der Waals surface area contributed by atoms with Gasteiger partial charge in [0.2, 0.25) is 0 Å². The molecule has 0 aliphatic carbocycles. The molecule has 0 bridgehead atoms. The van der Waals surface area contributed by atoms with Gasteiger partial charge in [0.15, 0.2) is 0 Å². The van der Waals surface area contributed by atoms with Gasteiger partial charge in [0.05, 0.1) is 11.1 Å². The highest BCUT2D eigenvalue weighted by molar-refractivity contribution is 9.11. The zero-order valence-corrected chi connectivity index (χ0v) is 15.0. The van der Waals surface area contributed by atoms with Crippen LogP contribution in [0.4, 0.5) is 0 Å². The summed E-state index contributed by atoms with van der Waals surface area (Å²) < 4.78 is 8.14. The molecule has 0 spiro atoms. The van der Waals surface area contributed by atoms with Gasteiger partial charge in [-0.25, -0.2) is 0 Å². The van der Waals surface area contributed by atoms with Crippen LogP contribution in [0.2, 0.25) is 0 Å². The largest absolute Gasteiger partial charge is 0.492 e. The molecule has 0 aliphatic rings. The molecule has 1 rings (SSSR count). The quantitative estimate of drug-likeness (QED) is 0.460. The van der Waals surface area contributed by atoms with E-state index in [4.69, 9.17) is 4.74 Å². The van der Waals surface area contributed by atoms with Crippen molar-refractivity contribution in [3.63, 3.8) is 0 Å². The summed E-state index contributed by atoms with van der Waals surface area (Å²) in [7, 11) is 0. The summed E-state index contributed by atoms with van der Waals surface area (Å²) in [6.45, 7) is 9.09. The maximum Gasteiger partial charge on any atom is 0.136 e. The van der Waals surface area contributed by atoms with Crippen LogP contribution >= 0.6 is 31.9 Å². The second kappa shape index (κ2) is 9.02. The smallest absolute Gasteiger partial charge is 0.136 e. The van der Waals surface area contributed by atoms with E-state index >= 15 is 0 Å². The maximum atomic E-state index is 6.00. The van der Waals surface area contributed by atoms with Crippen LogP contribution in [0.3, 0.4) is 0 Å². The highest BCUT2D eigenvalue weighted by Gasteiger charge is 2.14. The van der Waals surface area contributed by atoms with Gasteiger partial charge in [-0.2, -0.15) is 0 Å². The molecule has 1 atom stereocenters. The fourth-order valence-electron chi connectivity index (χ4n) is 1.95. The lowest BCUT2D eigenvalue weighted by Crippen LogP contribution is -2.03. The minimum atomic E-state index is 0.503. The number of halogens is 2. The number of unbranched alkanes of at least 4 members (excludes halogenated alkanes) is 3. The van der Waals surface area contributed by atoms with Crippen LogP contribution < -0.4 is 4.74 Å². The molecule has 1 unspecified atom stereocenters. The number of hydrogen-bond donors (Lipinski definition) is 0. The Morgan fingerprint density at radius 3 is 2.58 bits per heavy atom. The summed E-state index contributed by atoms with van der Waals surface area (Å²) in [5, 5.41) is 0. The molecule has 0 saturated carbocycles. The van der Waals surface area contributed by atoms with Gasteiger partial charge in [-0.15, -0.1) is 0 Å². The molecular formula is C16H23Br2O. The first kappa shape index (κ1) is 17.0. The Balaban J connectivity index is 2.74. The van der Waals surface area contributed by atoms with Crippen molar-refractivity contribution in [2.45, 2.75) is 51.9 Å². The van der Waals surface area contributed by atoms with E-state index in [2.05, 4.69) is 64.8 Å². The lowest BCUT2D eigenvalue weighted by molar-refractivity contribution is 0.299. The zero-order valence-electron chi connectivity index (χ0n) is 11.8. The molecule has 0 N–H and O–H groups in total. The van der Waals surface area contributed by atoms with Gasteiger partial charge in [0.1, 0.15) is 5.75 Å². The minimum absolute atomic E-state index is 0.503. The van der Waals surface area contributed by atoms with Crippen LogP contribution in [0.1, 0.15) is 57.4 Å². The fourth-order valence-corrected chi connectivity index (χ4v) is 3.32. The van der Waals surface area contributed by atoms with E-state index in [1.165, 1.54) is 18.4 Å². The second-order valence-corrected chi connectivity index (χ2v) is 6.65. The van der Waals surface area contributed by atoms with Crippen molar-refractivity contribution in [2.24, 2.45) is 0 Å². The molecule has 1 aromatic carbocycles. The second-order valence-electron chi connectivity index (χ2n) is 4.88. The van der Waals surface area contributed by atoms with Crippen LogP contribution in [0.5, 0.6) is 5.75 Å². The number of hydrogen-bond acceptors (Lipinski definition) is 1. The topological polar surface area (TPSA) is 9.23 Å². The lowest BCUT2D eigenvalue weighted by Gasteiger charge is -2.18. The Labute approximate surface area is 134 Å². The van der Waals surface area contributed by atoms with Gasteiger partial charge in [0, 0.05) is 4.47 Å². The van der Waals surface area contributed by atoms with Crippen LogP contribution in [0, 0.1) is 6.92 Å².